The van der Waals surface area contributed by atoms with Crippen molar-refractivity contribution in [3.8, 4) is 11.5 Å². The Bertz CT molecular complexity index is 976. The number of hydrogen-bond acceptors (Lipinski definition) is 4. The topological polar surface area (TPSA) is 57.5 Å². The average Bonchev–Trinajstić information content (AvgIpc) is 3.19. The first-order valence-electron chi connectivity index (χ1n) is 7.34. The van der Waals surface area contributed by atoms with Gasteiger partial charge >= 0.3 is 0 Å². The Hall–Kier alpha value is -2.79. The Kier molecular flexibility index (Phi) is 3.50. The smallest absolute Gasteiger partial charge is 0.293 e. The lowest BCUT2D eigenvalue weighted by Crippen LogP contribution is -2.06. The number of ketones is 1. The number of carbonyl (C=O) groups is 2. The molecule has 0 amide bonds. The van der Waals surface area contributed by atoms with Gasteiger partial charge in [-0.3, -0.25) is 9.59 Å². The van der Waals surface area contributed by atoms with Crippen molar-refractivity contribution in [1.29, 1.82) is 0 Å². The molecule has 5 nitrogen and oxygen atoms in total. The summed E-state index contributed by atoms with van der Waals surface area (Å²) >= 11 is 5.37. The van der Waals surface area contributed by atoms with Crippen molar-refractivity contribution in [3.05, 3.63) is 59.8 Å². The van der Waals surface area contributed by atoms with Gasteiger partial charge in [-0.1, -0.05) is 24.3 Å². The maximum Gasteiger partial charge on any atom is 0.293 e. The molecule has 1 aliphatic rings. The van der Waals surface area contributed by atoms with E-state index in [4.69, 9.17) is 21.1 Å². The van der Waals surface area contributed by atoms with Crippen LogP contribution in [0.3, 0.4) is 0 Å². The summed E-state index contributed by atoms with van der Waals surface area (Å²) in [5, 5.41) is -0.279. The van der Waals surface area contributed by atoms with Crippen LogP contribution in [0.4, 0.5) is 0 Å². The van der Waals surface area contributed by atoms with Gasteiger partial charge < -0.3 is 14.0 Å². The highest BCUT2D eigenvalue weighted by molar-refractivity contribution is 6.83. The third-order valence-corrected chi connectivity index (χ3v) is 4.17. The highest BCUT2D eigenvalue weighted by atomic mass is 35.5. The van der Waals surface area contributed by atoms with E-state index in [0.29, 0.717) is 23.2 Å². The molecule has 0 N–H and O–H groups in total. The second-order valence-electron chi connectivity index (χ2n) is 5.48. The first-order valence-corrected chi connectivity index (χ1v) is 7.72. The highest BCUT2D eigenvalue weighted by Crippen LogP contribution is 2.33. The fraction of sp³-hybridized carbons (Fsp3) is 0.111. The number of hydrogen-bond donors (Lipinski definition) is 0. The van der Waals surface area contributed by atoms with E-state index < -0.39 is 11.0 Å². The Labute approximate surface area is 142 Å². The lowest BCUT2D eigenvalue weighted by Gasteiger charge is -2.06. The van der Waals surface area contributed by atoms with Gasteiger partial charge in [0.2, 0.25) is 12.6 Å². The van der Waals surface area contributed by atoms with Crippen molar-refractivity contribution in [2.24, 2.45) is 0 Å². The molecule has 24 heavy (non-hydrogen) atoms. The molecule has 1 aliphatic heterocycles. The van der Waals surface area contributed by atoms with Crippen LogP contribution in [0.25, 0.3) is 10.9 Å². The number of fused-ring (bicyclic) bond motifs is 2. The molecule has 2 aromatic carbocycles. The zero-order valence-corrected chi connectivity index (χ0v) is 13.2. The molecule has 6 heteroatoms. The average molecular weight is 342 g/mol. The van der Waals surface area contributed by atoms with Crippen LogP contribution in [-0.2, 0) is 11.3 Å². The number of nitrogens with zero attached hydrogens (tertiary/aromatic N) is 1. The van der Waals surface area contributed by atoms with Gasteiger partial charge in [0.05, 0.1) is 5.56 Å². The minimum Gasteiger partial charge on any atom is -0.454 e. The van der Waals surface area contributed by atoms with Gasteiger partial charge in [0, 0.05) is 23.6 Å². The van der Waals surface area contributed by atoms with Crippen molar-refractivity contribution < 1.29 is 19.1 Å². The van der Waals surface area contributed by atoms with E-state index in [-0.39, 0.29) is 6.79 Å². The van der Waals surface area contributed by atoms with E-state index >= 15 is 0 Å². The fourth-order valence-electron chi connectivity index (χ4n) is 2.90. The van der Waals surface area contributed by atoms with E-state index in [9.17, 15) is 9.59 Å². The van der Waals surface area contributed by atoms with Gasteiger partial charge in [-0.05, 0) is 35.4 Å². The van der Waals surface area contributed by atoms with Gasteiger partial charge in [0.25, 0.3) is 5.24 Å². The van der Waals surface area contributed by atoms with Crippen molar-refractivity contribution in [2.45, 2.75) is 6.54 Å². The molecule has 4 rings (SSSR count). The van der Waals surface area contributed by atoms with Gasteiger partial charge in [-0.2, -0.15) is 0 Å². The normalized spacial score (nSPS) is 12.5. The number of aromatic nitrogens is 1. The van der Waals surface area contributed by atoms with Gasteiger partial charge in [0.15, 0.2) is 11.5 Å². The summed E-state index contributed by atoms with van der Waals surface area (Å²) in [6.07, 6.45) is 1.66. The number of para-hydroxylation sites is 1. The highest BCUT2D eigenvalue weighted by Gasteiger charge is 2.20. The van der Waals surface area contributed by atoms with Crippen molar-refractivity contribution in [2.75, 3.05) is 6.79 Å². The maximum absolute atomic E-state index is 12.0. The zero-order chi connectivity index (χ0) is 16.7. The van der Waals surface area contributed by atoms with Gasteiger partial charge in [0.1, 0.15) is 0 Å². The molecule has 1 aromatic heterocycles. The maximum atomic E-state index is 12.0. The second kappa shape index (κ2) is 5.69. The quantitative estimate of drug-likeness (QED) is 0.415. The van der Waals surface area contributed by atoms with Crippen molar-refractivity contribution in [3.63, 3.8) is 0 Å². The Morgan fingerprint density at radius 1 is 1.08 bits per heavy atom. The molecule has 0 saturated heterocycles. The molecule has 3 aromatic rings. The summed E-state index contributed by atoms with van der Waals surface area (Å²) in [4.78, 5) is 23.3. The molecule has 0 fully saturated rings. The standard InChI is InChI=1S/C18H12ClNO4/c19-18(22)17(21)13-9-20(14-4-2-1-3-12(13)14)8-11-5-6-15-16(7-11)24-10-23-15/h1-7,9H,8,10H2. The number of carbonyl (C=O) groups excluding carboxylic acids is 2. The molecule has 0 atom stereocenters. The summed E-state index contributed by atoms with van der Waals surface area (Å²) < 4.78 is 12.6. The second-order valence-corrected chi connectivity index (χ2v) is 5.82. The van der Waals surface area contributed by atoms with Crippen LogP contribution in [0.2, 0.25) is 0 Å². The number of Topliss-reactive ketones (excluding diaryl/α,β-unsaturated/α-hetero) is 1. The molecule has 0 radical (unpaired) electrons. The first-order chi connectivity index (χ1) is 11.6. The summed E-state index contributed by atoms with van der Waals surface area (Å²) in [6, 6.07) is 13.1. The number of ether oxygens (including phenoxy) is 2. The molecular formula is C18H12ClNO4. The Morgan fingerprint density at radius 2 is 1.88 bits per heavy atom. The molecule has 120 valence electrons. The summed E-state index contributed by atoms with van der Waals surface area (Å²) in [7, 11) is 0. The SMILES string of the molecule is O=C(Cl)C(=O)c1cn(Cc2ccc3c(c2)OCO3)c2ccccc12. The number of benzene rings is 2. The summed E-state index contributed by atoms with van der Waals surface area (Å²) in [5.41, 5.74) is 2.17. The fourth-order valence-corrected chi connectivity index (χ4v) is 3.00. The zero-order valence-electron chi connectivity index (χ0n) is 12.5. The minimum absolute atomic E-state index is 0.224. The molecule has 2 heterocycles. The predicted molar refractivity (Wildman–Crippen MR) is 88.8 cm³/mol. The first kappa shape index (κ1) is 14.8. The molecule has 0 spiro atoms. The van der Waals surface area contributed by atoms with Crippen molar-refractivity contribution in [1.82, 2.24) is 4.57 Å². The van der Waals surface area contributed by atoms with E-state index in [1.165, 1.54) is 0 Å². The number of halogens is 1. The monoisotopic (exact) mass is 341 g/mol. The molecule has 0 bridgehead atoms. The van der Waals surface area contributed by atoms with E-state index in [0.717, 1.165) is 16.8 Å². The number of rotatable bonds is 4. The van der Waals surface area contributed by atoms with Crippen LogP contribution in [0.1, 0.15) is 15.9 Å². The van der Waals surface area contributed by atoms with Crippen LogP contribution in [0, 0.1) is 0 Å². The van der Waals surface area contributed by atoms with E-state index in [1.54, 1.807) is 12.3 Å². The van der Waals surface area contributed by atoms with Crippen molar-refractivity contribution >= 4 is 33.5 Å². The van der Waals surface area contributed by atoms with Crippen LogP contribution < -0.4 is 9.47 Å². The molecular weight excluding hydrogens is 330 g/mol. The minimum atomic E-state index is -0.985. The largest absolute Gasteiger partial charge is 0.454 e. The Balaban J connectivity index is 1.77. The van der Waals surface area contributed by atoms with Gasteiger partial charge in [-0.15, -0.1) is 0 Å². The summed E-state index contributed by atoms with van der Waals surface area (Å²) in [6.45, 7) is 0.753. The molecule has 0 saturated carbocycles. The van der Waals surface area contributed by atoms with Crippen LogP contribution in [0.5, 0.6) is 11.5 Å². The van der Waals surface area contributed by atoms with Crippen LogP contribution >= 0.6 is 11.6 Å². The third-order valence-electron chi connectivity index (χ3n) is 4.00. The molecule has 0 unspecified atom stereocenters. The Morgan fingerprint density at radius 3 is 2.71 bits per heavy atom. The van der Waals surface area contributed by atoms with E-state index in [2.05, 4.69) is 0 Å². The predicted octanol–water partition coefficient (Wildman–Crippen LogP) is 3.37. The third kappa shape index (κ3) is 2.43. The van der Waals surface area contributed by atoms with Crippen LogP contribution in [0.15, 0.2) is 48.7 Å². The lowest BCUT2D eigenvalue weighted by atomic mass is 10.1. The molecule has 0 aliphatic carbocycles. The van der Waals surface area contributed by atoms with Crippen LogP contribution in [-0.4, -0.2) is 22.4 Å². The summed E-state index contributed by atoms with van der Waals surface area (Å²) in [5.74, 6) is 0.730. The van der Waals surface area contributed by atoms with E-state index in [1.807, 2.05) is 41.0 Å². The van der Waals surface area contributed by atoms with Gasteiger partial charge in [-0.25, -0.2) is 0 Å². The lowest BCUT2D eigenvalue weighted by molar-refractivity contribution is -0.108.